The SMILES string of the molecule is Cc1ccc(OC[C@H](C)NC(=O)CNC(=O)C2CC2)cc1. The van der Waals surface area contributed by atoms with Gasteiger partial charge in [-0.15, -0.1) is 0 Å². The van der Waals surface area contributed by atoms with E-state index in [4.69, 9.17) is 4.74 Å². The van der Waals surface area contributed by atoms with E-state index >= 15 is 0 Å². The molecule has 0 saturated heterocycles. The maximum absolute atomic E-state index is 11.7. The molecular weight excluding hydrogens is 268 g/mol. The van der Waals surface area contributed by atoms with E-state index < -0.39 is 0 Å². The second kappa shape index (κ2) is 7.11. The summed E-state index contributed by atoms with van der Waals surface area (Å²) in [5, 5.41) is 5.44. The van der Waals surface area contributed by atoms with Crippen LogP contribution in [0.25, 0.3) is 0 Å². The largest absolute Gasteiger partial charge is 0.491 e. The molecule has 5 nitrogen and oxygen atoms in total. The first-order valence-electron chi connectivity index (χ1n) is 7.31. The lowest BCUT2D eigenvalue weighted by molar-refractivity contribution is -0.127. The lowest BCUT2D eigenvalue weighted by Crippen LogP contribution is -2.43. The minimum absolute atomic E-state index is 0.0197. The molecule has 2 rings (SSSR count). The molecule has 0 heterocycles. The highest BCUT2D eigenvalue weighted by Gasteiger charge is 2.29. The number of nitrogens with one attached hydrogen (secondary N) is 2. The van der Waals surface area contributed by atoms with Crippen molar-refractivity contribution in [2.24, 2.45) is 5.92 Å². The molecule has 2 N–H and O–H groups in total. The Morgan fingerprint density at radius 1 is 1.29 bits per heavy atom. The van der Waals surface area contributed by atoms with Gasteiger partial charge in [0.05, 0.1) is 12.6 Å². The lowest BCUT2D eigenvalue weighted by Gasteiger charge is -2.15. The molecule has 1 aromatic carbocycles. The van der Waals surface area contributed by atoms with Crippen molar-refractivity contribution < 1.29 is 14.3 Å². The number of carbonyl (C=O) groups excluding carboxylic acids is 2. The Balaban J connectivity index is 1.63. The van der Waals surface area contributed by atoms with Crippen LogP contribution in [0, 0.1) is 12.8 Å². The Labute approximate surface area is 125 Å². The molecule has 21 heavy (non-hydrogen) atoms. The molecule has 2 amide bonds. The van der Waals surface area contributed by atoms with Gasteiger partial charge in [0.1, 0.15) is 12.4 Å². The number of hydrogen-bond acceptors (Lipinski definition) is 3. The average Bonchev–Trinajstić information content (AvgIpc) is 3.29. The Hall–Kier alpha value is -2.04. The number of rotatable bonds is 7. The van der Waals surface area contributed by atoms with E-state index in [0.717, 1.165) is 18.6 Å². The smallest absolute Gasteiger partial charge is 0.239 e. The molecular formula is C16H22N2O3. The minimum Gasteiger partial charge on any atom is -0.491 e. The zero-order valence-corrected chi connectivity index (χ0v) is 12.5. The van der Waals surface area contributed by atoms with Gasteiger partial charge in [-0.25, -0.2) is 0 Å². The van der Waals surface area contributed by atoms with Crippen LogP contribution < -0.4 is 15.4 Å². The molecule has 0 aromatic heterocycles. The molecule has 0 spiro atoms. The number of benzene rings is 1. The molecule has 0 bridgehead atoms. The van der Waals surface area contributed by atoms with Gasteiger partial charge in [0, 0.05) is 5.92 Å². The number of amides is 2. The molecule has 1 aliphatic rings. The third-order valence-corrected chi connectivity index (χ3v) is 3.30. The summed E-state index contributed by atoms with van der Waals surface area (Å²) in [6.45, 7) is 4.31. The third kappa shape index (κ3) is 5.45. The van der Waals surface area contributed by atoms with Crippen LogP contribution in [-0.2, 0) is 9.59 Å². The number of carbonyl (C=O) groups is 2. The molecule has 0 radical (unpaired) electrons. The molecule has 0 aliphatic heterocycles. The van der Waals surface area contributed by atoms with Crippen LogP contribution in [0.2, 0.25) is 0 Å². The topological polar surface area (TPSA) is 67.4 Å². The summed E-state index contributed by atoms with van der Waals surface area (Å²) in [5.74, 6) is 0.696. The van der Waals surface area contributed by atoms with E-state index in [9.17, 15) is 9.59 Å². The van der Waals surface area contributed by atoms with Gasteiger partial charge >= 0.3 is 0 Å². The molecule has 0 unspecified atom stereocenters. The van der Waals surface area contributed by atoms with Gasteiger partial charge in [0.25, 0.3) is 0 Å². The average molecular weight is 290 g/mol. The van der Waals surface area contributed by atoms with Crippen molar-refractivity contribution in [3.8, 4) is 5.75 Å². The van der Waals surface area contributed by atoms with Crippen LogP contribution >= 0.6 is 0 Å². The number of aryl methyl sites for hydroxylation is 1. The van der Waals surface area contributed by atoms with Gasteiger partial charge in [-0.2, -0.15) is 0 Å². The fraction of sp³-hybridized carbons (Fsp3) is 0.500. The third-order valence-electron chi connectivity index (χ3n) is 3.30. The van der Waals surface area contributed by atoms with Crippen molar-refractivity contribution in [3.05, 3.63) is 29.8 Å². The predicted molar refractivity (Wildman–Crippen MR) is 80.0 cm³/mol. The van der Waals surface area contributed by atoms with Gasteiger partial charge in [-0.3, -0.25) is 9.59 Å². The highest BCUT2D eigenvalue weighted by Crippen LogP contribution is 2.28. The minimum atomic E-state index is -0.191. The molecule has 1 aromatic rings. The van der Waals surface area contributed by atoms with Gasteiger partial charge in [-0.1, -0.05) is 17.7 Å². The maximum atomic E-state index is 11.7. The summed E-state index contributed by atoms with van der Waals surface area (Å²) in [4.78, 5) is 23.1. The van der Waals surface area contributed by atoms with E-state index in [1.54, 1.807) is 0 Å². The van der Waals surface area contributed by atoms with Gasteiger partial charge in [-0.05, 0) is 38.8 Å². The van der Waals surface area contributed by atoms with E-state index in [1.807, 2.05) is 38.1 Å². The van der Waals surface area contributed by atoms with E-state index in [-0.39, 0.29) is 30.3 Å². The Kier molecular flexibility index (Phi) is 5.20. The normalized spacial score (nSPS) is 15.1. The van der Waals surface area contributed by atoms with Crippen LogP contribution in [0.3, 0.4) is 0 Å². The van der Waals surface area contributed by atoms with Crippen LogP contribution in [0.15, 0.2) is 24.3 Å². The van der Waals surface area contributed by atoms with Crippen molar-refractivity contribution in [3.63, 3.8) is 0 Å². The molecule has 5 heteroatoms. The summed E-state index contributed by atoms with van der Waals surface area (Å²) in [6.07, 6.45) is 1.88. The standard InChI is InChI=1S/C16H22N2O3/c1-11-3-7-14(8-4-11)21-10-12(2)18-15(19)9-17-16(20)13-5-6-13/h3-4,7-8,12-13H,5-6,9-10H2,1-2H3,(H,17,20)(H,18,19)/t12-/m0/s1. The summed E-state index contributed by atoms with van der Waals surface area (Å²) < 4.78 is 5.60. The maximum Gasteiger partial charge on any atom is 0.239 e. The van der Waals surface area contributed by atoms with Gasteiger partial charge in [0.2, 0.25) is 11.8 Å². The molecule has 114 valence electrons. The Bertz CT molecular complexity index is 495. The summed E-state index contributed by atoms with van der Waals surface area (Å²) in [5.41, 5.74) is 1.18. The van der Waals surface area contributed by atoms with Crippen LogP contribution in [0.1, 0.15) is 25.3 Å². The van der Waals surface area contributed by atoms with E-state index in [0.29, 0.717) is 6.61 Å². The lowest BCUT2D eigenvalue weighted by atomic mass is 10.2. The van der Waals surface area contributed by atoms with Crippen molar-refractivity contribution in [2.45, 2.75) is 32.7 Å². The first kappa shape index (κ1) is 15.4. The van der Waals surface area contributed by atoms with Crippen molar-refractivity contribution >= 4 is 11.8 Å². The molecule has 1 atom stereocenters. The summed E-state index contributed by atoms with van der Waals surface area (Å²) in [6, 6.07) is 7.65. The van der Waals surface area contributed by atoms with Crippen molar-refractivity contribution in [2.75, 3.05) is 13.2 Å². The van der Waals surface area contributed by atoms with E-state index in [1.165, 1.54) is 5.56 Å². The Morgan fingerprint density at radius 3 is 2.57 bits per heavy atom. The summed E-state index contributed by atoms with van der Waals surface area (Å²) in [7, 11) is 0. The zero-order chi connectivity index (χ0) is 15.2. The fourth-order valence-corrected chi connectivity index (χ4v) is 1.88. The highest BCUT2D eigenvalue weighted by atomic mass is 16.5. The first-order valence-corrected chi connectivity index (χ1v) is 7.31. The zero-order valence-electron chi connectivity index (χ0n) is 12.5. The number of hydrogen-bond donors (Lipinski definition) is 2. The summed E-state index contributed by atoms with van der Waals surface area (Å²) >= 11 is 0. The predicted octanol–water partition coefficient (Wildman–Crippen LogP) is 1.40. The van der Waals surface area contributed by atoms with Crippen molar-refractivity contribution in [1.82, 2.24) is 10.6 Å². The molecule has 1 fully saturated rings. The Morgan fingerprint density at radius 2 is 1.95 bits per heavy atom. The fourth-order valence-electron chi connectivity index (χ4n) is 1.88. The second-order valence-electron chi connectivity index (χ2n) is 5.58. The highest BCUT2D eigenvalue weighted by molar-refractivity contribution is 5.86. The molecule has 1 saturated carbocycles. The van der Waals surface area contributed by atoms with E-state index in [2.05, 4.69) is 10.6 Å². The van der Waals surface area contributed by atoms with Crippen molar-refractivity contribution in [1.29, 1.82) is 0 Å². The van der Waals surface area contributed by atoms with Crippen LogP contribution in [-0.4, -0.2) is 31.0 Å². The van der Waals surface area contributed by atoms with Gasteiger partial charge in [0.15, 0.2) is 0 Å². The molecule has 1 aliphatic carbocycles. The van der Waals surface area contributed by atoms with Gasteiger partial charge < -0.3 is 15.4 Å². The monoisotopic (exact) mass is 290 g/mol. The first-order chi connectivity index (χ1) is 10.0. The number of ether oxygens (including phenoxy) is 1. The quantitative estimate of drug-likeness (QED) is 0.798. The van der Waals surface area contributed by atoms with Crippen LogP contribution in [0.4, 0.5) is 0 Å². The van der Waals surface area contributed by atoms with Crippen LogP contribution in [0.5, 0.6) is 5.75 Å². The second-order valence-corrected chi connectivity index (χ2v) is 5.58.